The highest BCUT2D eigenvalue weighted by Gasteiger charge is 2.60. The van der Waals surface area contributed by atoms with Crippen LogP contribution in [0.1, 0.15) is 0 Å². The molecule has 4 heteroatoms. The lowest BCUT2D eigenvalue weighted by atomic mass is 10.0. The van der Waals surface area contributed by atoms with E-state index in [4.69, 9.17) is 0 Å². The minimum absolute atomic E-state index is 0.453. The molecule has 2 heterocycles. The van der Waals surface area contributed by atoms with Gasteiger partial charge in [-0.25, -0.2) is 0 Å². The molecule has 8 heavy (non-hydrogen) atoms. The van der Waals surface area contributed by atoms with Gasteiger partial charge >= 0.3 is 11.9 Å². The highest BCUT2D eigenvalue weighted by Crippen LogP contribution is 2.33. The normalized spacial score (nSPS) is 40.5. The lowest BCUT2D eigenvalue weighted by Crippen LogP contribution is -2.61. The average Bonchev–Trinajstić information content (AvgIpc) is 1.63. The lowest BCUT2D eigenvalue weighted by Gasteiger charge is -2.40. The van der Waals surface area contributed by atoms with Crippen molar-refractivity contribution >= 4 is 11.9 Å². The molecule has 0 bridgehead atoms. The van der Waals surface area contributed by atoms with Crippen molar-refractivity contribution in [2.45, 2.75) is 6.29 Å². The van der Waals surface area contributed by atoms with E-state index in [9.17, 15) is 9.59 Å². The second-order valence-corrected chi connectivity index (χ2v) is 1.72. The Balaban J connectivity index is 2.19. The Morgan fingerprint density at radius 3 is 1.75 bits per heavy atom. The van der Waals surface area contributed by atoms with E-state index in [0.717, 1.165) is 0 Å². The predicted octanol–water partition coefficient (Wildman–Crippen LogP) is -0.958. The molecular formula is C4H2O4. The predicted molar refractivity (Wildman–Crippen MR) is 19.5 cm³/mol. The summed E-state index contributed by atoms with van der Waals surface area (Å²) in [6.45, 7) is 0. The second-order valence-electron chi connectivity index (χ2n) is 1.72. The van der Waals surface area contributed by atoms with Gasteiger partial charge in [0.15, 0.2) is 0 Å². The zero-order chi connectivity index (χ0) is 5.72. The fourth-order valence-electron chi connectivity index (χ4n) is 0.710. The molecule has 0 unspecified atom stereocenters. The standard InChI is InChI=1S/C4H2O4/c5-2-1-3(6)8-4(1)7-2/h1,4H. The van der Waals surface area contributed by atoms with Crippen LogP contribution in [-0.4, -0.2) is 18.2 Å². The van der Waals surface area contributed by atoms with Crippen molar-refractivity contribution in [1.29, 1.82) is 0 Å². The Morgan fingerprint density at radius 2 is 1.62 bits per heavy atom. The van der Waals surface area contributed by atoms with Crippen LogP contribution in [0.25, 0.3) is 0 Å². The molecule has 0 spiro atoms. The fraction of sp³-hybridized carbons (Fsp3) is 0.500. The molecule has 0 aliphatic carbocycles. The van der Waals surface area contributed by atoms with Crippen molar-refractivity contribution in [2.24, 2.45) is 5.92 Å². The van der Waals surface area contributed by atoms with Gasteiger partial charge in [-0.3, -0.25) is 9.59 Å². The summed E-state index contributed by atoms with van der Waals surface area (Å²) in [5.74, 6) is -1.48. The topological polar surface area (TPSA) is 52.6 Å². The molecule has 2 aliphatic rings. The van der Waals surface area contributed by atoms with Gasteiger partial charge in [0.1, 0.15) is 0 Å². The van der Waals surface area contributed by atoms with Crippen LogP contribution in [0.15, 0.2) is 0 Å². The van der Waals surface area contributed by atoms with E-state index in [1.807, 2.05) is 0 Å². The summed E-state index contributed by atoms with van der Waals surface area (Å²) in [6.07, 6.45) is -0.532. The molecule has 0 aromatic carbocycles. The monoisotopic (exact) mass is 114 g/mol. The van der Waals surface area contributed by atoms with Gasteiger partial charge in [-0.05, 0) is 0 Å². The van der Waals surface area contributed by atoms with Crippen LogP contribution in [-0.2, 0) is 19.1 Å². The summed E-state index contributed by atoms with van der Waals surface area (Å²) in [7, 11) is 0. The van der Waals surface area contributed by atoms with Crippen molar-refractivity contribution in [3.05, 3.63) is 0 Å². The molecule has 2 aliphatic heterocycles. The van der Waals surface area contributed by atoms with Crippen molar-refractivity contribution < 1.29 is 19.1 Å². The van der Waals surface area contributed by atoms with E-state index < -0.39 is 24.1 Å². The molecule has 42 valence electrons. The van der Waals surface area contributed by atoms with Gasteiger partial charge in [0.25, 0.3) is 6.29 Å². The zero-order valence-electron chi connectivity index (χ0n) is 3.79. The van der Waals surface area contributed by atoms with Gasteiger partial charge in [-0.2, -0.15) is 0 Å². The second kappa shape index (κ2) is 0.866. The Bertz CT molecular complexity index is 155. The quantitative estimate of drug-likeness (QED) is 0.300. The van der Waals surface area contributed by atoms with Gasteiger partial charge in [0, 0.05) is 0 Å². The molecule has 0 amide bonds. The number of rotatable bonds is 0. The molecule has 0 atom stereocenters. The minimum atomic E-state index is -0.574. The molecule has 2 saturated heterocycles. The number of ether oxygens (including phenoxy) is 2. The summed E-state index contributed by atoms with van der Waals surface area (Å²) in [5.41, 5.74) is 0. The summed E-state index contributed by atoms with van der Waals surface area (Å²) in [6, 6.07) is 0. The van der Waals surface area contributed by atoms with Gasteiger partial charge in [-0.1, -0.05) is 0 Å². The van der Waals surface area contributed by atoms with E-state index >= 15 is 0 Å². The van der Waals surface area contributed by atoms with Gasteiger partial charge < -0.3 is 9.47 Å². The highest BCUT2D eigenvalue weighted by molar-refractivity contribution is 6.03. The summed E-state index contributed by atoms with van der Waals surface area (Å²) in [4.78, 5) is 20.4. The molecule has 0 radical (unpaired) electrons. The van der Waals surface area contributed by atoms with Gasteiger partial charge in [0.05, 0.1) is 0 Å². The van der Waals surface area contributed by atoms with Crippen molar-refractivity contribution in [3.8, 4) is 0 Å². The molecule has 2 rings (SSSR count). The van der Waals surface area contributed by atoms with Crippen LogP contribution >= 0.6 is 0 Å². The highest BCUT2D eigenvalue weighted by atomic mass is 16.8. The van der Waals surface area contributed by atoms with Crippen LogP contribution in [0.4, 0.5) is 0 Å². The van der Waals surface area contributed by atoms with Crippen LogP contribution < -0.4 is 0 Å². The maximum absolute atomic E-state index is 10.2. The Hall–Kier alpha value is -1.06. The van der Waals surface area contributed by atoms with Crippen LogP contribution in [0.2, 0.25) is 0 Å². The molecule has 0 aromatic rings. The fourth-order valence-corrected chi connectivity index (χ4v) is 0.710. The number of hydrogen-bond acceptors (Lipinski definition) is 4. The van der Waals surface area contributed by atoms with E-state index in [2.05, 4.69) is 9.47 Å². The van der Waals surface area contributed by atoms with Gasteiger partial charge in [0.2, 0.25) is 5.92 Å². The maximum Gasteiger partial charge on any atom is 0.331 e. The Kier molecular flexibility index (Phi) is 0.420. The number of esters is 2. The third-order valence-corrected chi connectivity index (χ3v) is 1.24. The van der Waals surface area contributed by atoms with E-state index in [1.54, 1.807) is 0 Å². The third-order valence-electron chi connectivity index (χ3n) is 1.24. The first kappa shape index (κ1) is 3.88. The number of hydrogen-bond donors (Lipinski definition) is 0. The first-order chi connectivity index (χ1) is 3.79. The van der Waals surface area contributed by atoms with E-state index in [0.29, 0.717) is 0 Å². The average molecular weight is 114 g/mol. The molecule has 4 nitrogen and oxygen atoms in total. The largest absolute Gasteiger partial charge is 0.423 e. The summed E-state index contributed by atoms with van der Waals surface area (Å²) >= 11 is 0. The summed E-state index contributed by atoms with van der Waals surface area (Å²) in [5, 5.41) is 0. The van der Waals surface area contributed by atoms with Crippen molar-refractivity contribution in [3.63, 3.8) is 0 Å². The summed E-state index contributed by atoms with van der Waals surface area (Å²) < 4.78 is 8.65. The SMILES string of the molecule is O=C1OC2OC(=O)C12. The van der Waals surface area contributed by atoms with Crippen LogP contribution in [0, 0.1) is 5.92 Å². The zero-order valence-corrected chi connectivity index (χ0v) is 3.79. The van der Waals surface area contributed by atoms with Gasteiger partial charge in [-0.15, -0.1) is 0 Å². The maximum atomic E-state index is 10.2. The van der Waals surface area contributed by atoms with Crippen LogP contribution in [0.3, 0.4) is 0 Å². The minimum Gasteiger partial charge on any atom is -0.423 e. The molecule has 2 fully saturated rings. The van der Waals surface area contributed by atoms with Crippen molar-refractivity contribution in [2.75, 3.05) is 0 Å². The molecule has 0 saturated carbocycles. The van der Waals surface area contributed by atoms with E-state index in [1.165, 1.54) is 0 Å². The molecular weight excluding hydrogens is 112 g/mol. The molecule has 0 aromatic heterocycles. The number of carbonyl (C=O) groups excluding carboxylic acids is 2. The Morgan fingerprint density at radius 1 is 1.12 bits per heavy atom. The number of fused-ring (bicyclic) bond motifs is 1. The first-order valence-corrected chi connectivity index (χ1v) is 2.20. The van der Waals surface area contributed by atoms with E-state index in [-0.39, 0.29) is 0 Å². The number of carbonyl (C=O) groups is 2. The smallest absolute Gasteiger partial charge is 0.331 e. The Labute approximate surface area is 44.4 Å². The molecule has 0 N–H and O–H groups in total. The van der Waals surface area contributed by atoms with Crippen molar-refractivity contribution in [1.82, 2.24) is 0 Å². The third kappa shape index (κ3) is 0.214. The lowest BCUT2D eigenvalue weighted by molar-refractivity contribution is -0.280. The first-order valence-electron chi connectivity index (χ1n) is 2.20. The van der Waals surface area contributed by atoms with Crippen LogP contribution in [0.5, 0.6) is 0 Å².